The van der Waals surface area contributed by atoms with E-state index in [0.29, 0.717) is 12.4 Å². The molecule has 0 bridgehead atoms. The Labute approximate surface area is 197 Å². The van der Waals surface area contributed by atoms with E-state index in [1.807, 2.05) is 12.1 Å². The smallest absolute Gasteiger partial charge is 0.363 e. The molecule has 0 fully saturated rings. The zero-order valence-corrected chi connectivity index (χ0v) is 19.8. The number of carbonyl (C=O) groups excluding carboxylic acids is 1. The second-order valence-electron chi connectivity index (χ2n) is 8.21. The number of ether oxygens (including phenoxy) is 2. The van der Waals surface area contributed by atoms with Crippen LogP contribution in [0.15, 0.2) is 60.9 Å². The standard InChI is InChI=1S/C28H34N2O3/c1-3-5-7-9-19-32-24-15-17-25(18-16-24)33-28(31)27-21-29-26(20-30-27)23-13-11-22(12-14-23)10-8-6-4-2/h11-18,20-21H,3-10,19H2,1-2H3. The van der Waals surface area contributed by atoms with Gasteiger partial charge in [0.1, 0.15) is 11.5 Å². The van der Waals surface area contributed by atoms with Gasteiger partial charge in [-0.25, -0.2) is 9.78 Å². The monoisotopic (exact) mass is 446 g/mol. The summed E-state index contributed by atoms with van der Waals surface area (Å²) in [6.45, 7) is 5.10. The topological polar surface area (TPSA) is 61.3 Å². The Kier molecular flexibility index (Phi) is 9.89. The lowest BCUT2D eigenvalue weighted by Gasteiger charge is -2.08. The summed E-state index contributed by atoms with van der Waals surface area (Å²) in [7, 11) is 0. The highest BCUT2D eigenvalue weighted by molar-refractivity contribution is 5.88. The molecule has 2 aromatic carbocycles. The number of carbonyl (C=O) groups is 1. The molecule has 0 radical (unpaired) electrons. The first-order chi connectivity index (χ1) is 16.2. The minimum atomic E-state index is -0.534. The average Bonchev–Trinajstić information content (AvgIpc) is 2.85. The molecule has 5 nitrogen and oxygen atoms in total. The van der Waals surface area contributed by atoms with Crippen LogP contribution in [0.4, 0.5) is 0 Å². The number of aromatic nitrogens is 2. The summed E-state index contributed by atoms with van der Waals surface area (Å²) in [6, 6.07) is 15.4. The lowest BCUT2D eigenvalue weighted by atomic mass is 10.0. The molecule has 1 aromatic heterocycles. The SMILES string of the molecule is CCCCCCOc1ccc(OC(=O)c2cnc(-c3ccc(CCCCC)cc3)cn2)cc1. The minimum Gasteiger partial charge on any atom is -0.494 e. The molecule has 0 saturated carbocycles. The number of hydrogen-bond donors (Lipinski definition) is 0. The molecule has 0 unspecified atom stereocenters. The van der Waals surface area contributed by atoms with Crippen LogP contribution >= 0.6 is 0 Å². The Morgan fingerprint density at radius 2 is 1.45 bits per heavy atom. The van der Waals surface area contributed by atoms with Crippen molar-refractivity contribution >= 4 is 5.97 Å². The average molecular weight is 447 g/mol. The Hall–Kier alpha value is -3.21. The molecule has 3 rings (SSSR count). The molecular weight excluding hydrogens is 412 g/mol. The molecule has 174 valence electrons. The van der Waals surface area contributed by atoms with Gasteiger partial charge in [0.2, 0.25) is 0 Å². The number of rotatable bonds is 13. The number of nitrogens with zero attached hydrogens (tertiary/aromatic N) is 2. The summed E-state index contributed by atoms with van der Waals surface area (Å²) >= 11 is 0. The van der Waals surface area contributed by atoms with Gasteiger partial charge in [0.15, 0.2) is 5.69 Å². The summed E-state index contributed by atoms with van der Waals surface area (Å²) in [5.74, 6) is 0.684. The Morgan fingerprint density at radius 1 is 0.758 bits per heavy atom. The van der Waals surface area contributed by atoms with Crippen molar-refractivity contribution in [3.63, 3.8) is 0 Å². The van der Waals surface area contributed by atoms with Crippen molar-refractivity contribution in [1.82, 2.24) is 9.97 Å². The van der Waals surface area contributed by atoms with Gasteiger partial charge in [-0.3, -0.25) is 4.98 Å². The van der Waals surface area contributed by atoms with Crippen LogP contribution < -0.4 is 9.47 Å². The van der Waals surface area contributed by atoms with Gasteiger partial charge in [0.05, 0.1) is 24.7 Å². The molecule has 0 amide bonds. The Bertz CT molecular complexity index is 968. The van der Waals surface area contributed by atoms with Crippen LogP contribution in [0.3, 0.4) is 0 Å². The summed E-state index contributed by atoms with van der Waals surface area (Å²) in [5.41, 5.74) is 3.21. The third-order valence-corrected chi connectivity index (χ3v) is 5.48. The second-order valence-corrected chi connectivity index (χ2v) is 8.21. The van der Waals surface area contributed by atoms with E-state index >= 15 is 0 Å². The number of aryl methyl sites for hydroxylation is 1. The fraction of sp³-hybridized carbons (Fsp3) is 0.393. The highest BCUT2D eigenvalue weighted by Crippen LogP contribution is 2.20. The van der Waals surface area contributed by atoms with Crippen molar-refractivity contribution in [1.29, 1.82) is 0 Å². The van der Waals surface area contributed by atoms with Gasteiger partial charge in [-0.2, -0.15) is 0 Å². The first-order valence-corrected chi connectivity index (χ1v) is 12.1. The molecule has 0 N–H and O–H groups in total. The van der Waals surface area contributed by atoms with Crippen molar-refractivity contribution in [3.05, 3.63) is 72.2 Å². The zero-order valence-electron chi connectivity index (χ0n) is 19.8. The maximum Gasteiger partial charge on any atom is 0.363 e. The number of benzene rings is 2. The molecule has 1 heterocycles. The quantitative estimate of drug-likeness (QED) is 0.160. The molecule has 0 aliphatic carbocycles. The maximum absolute atomic E-state index is 12.4. The van der Waals surface area contributed by atoms with Crippen molar-refractivity contribution in [3.8, 4) is 22.8 Å². The van der Waals surface area contributed by atoms with E-state index in [0.717, 1.165) is 29.8 Å². The predicted molar refractivity (Wildman–Crippen MR) is 132 cm³/mol. The van der Waals surface area contributed by atoms with Gasteiger partial charge in [-0.05, 0) is 49.1 Å². The van der Waals surface area contributed by atoms with Crippen LogP contribution in [0, 0.1) is 0 Å². The highest BCUT2D eigenvalue weighted by Gasteiger charge is 2.12. The lowest BCUT2D eigenvalue weighted by molar-refractivity contribution is 0.0728. The van der Waals surface area contributed by atoms with Gasteiger partial charge in [0, 0.05) is 5.56 Å². The number of hydrogen-bond acceptors (Lipinski definition) is 5. The van der Waals surface area contributed by atoms with Crippen LogP contribution in [0.5, 0.6) is 11.5 Å². The summed E-state index contributed by atoms with van der Waals surface area (Å²) in [6.07, 6.45) is 12.5. The minimum absolute atomic E-state index is 0.172. The molecule has 0 aliphatic heterocycles. The van der Waals surface area contributed by atoms with Gasteiger partial charge < -0.3 is 9.47 Å². The van der Waals surface area contributed by atoms with Crippen molar-refractivity contribution in [2.45, 2.75) is 65.2 Å². The fourth-order valence-electron chi connectivity index (χ4n) is 3.49. The van der Waals surface area contributed by atoms with E-state index < -0.39 is 5.97 Å². The Balaban J connectivity index is 1.50. The zero-order chi connectivity index (χ0) is 23.3. The van der Waals surface area contributed by atoms with Crippen LogP contribution in [0.1, 0.15) is 74.8 Å². The molecule has 5 heteroatoms. The van der Waals surface area contributed by atoms with Gasteiger partial charge in [0.25, 0.3) is 0 Å². The first-order valence-electron chi connectivity index (χ1n) is 12.1. The summed E-state index contributed by atoms with van der Waals surface area (Å²) in [4.78, 5) is 21.1. The number of unbranched alkanes of at least 4 members (excludes halogenated alkanes) is 5. The van der Waals surface area contributed by atoms with E-state index in [9.17, 15) is 4.79 Å². The van der Waals surface area contributed by atoms with Crippen LogP contribution in [0.25, 0.3) is 11.3 Å². The normalized spacial score (nSPS) is 10.7. The third kappa shape index (κ3) is 8.01. The molecule has 0 saturated heterocycles. The molecule has 33 heavy (non-hydrogen) atoms. The first kappa shape index (κ1) is 24.4. The molecule has 0 aliphatic rings. The van der Waals surface area contributed by atoms with Crippen LogP contribution in [0.2, 0.25) is 0 Å². The predicted octanol–water partition coefficient (Wildman–Crippen LogP) is 7.05. The van der Waals surface area contributed by atoms with Gasteiger partial charge >= 0.3 is 5.97 Å². The van der Waals surface area contributed by atoms with Gasteiger partial charge in [-0.15, -0.1) is 0 Å². The van der Waals surface area contributed by atoms with Crippen molar-refractivity contribution in [2.75, 3.05) is 6.61 Å². The maximum atomic E-state index is 12.4. The van der Waals surface area contributed by atoms with Crippen LogP contribution in [-0.4, -0.2) is 22.5 Å². The second kappa shape index (κ2) is 13.4. The molecule has 0 spiro atoms. The highest BCUT2D eigenvalue weighted by atomic mass is 16.5. The summed E-state index contributed by atoms with van der Waals surface area (Å²) in [5, 5.41) is 0. The van der Waals surface area contributed by atoms with Gasteiger partial charge in [-0.1, -0.05) is 70.2 Å². The third-order valence-electron chi connectivity index (χ3n) is 5.48. The lowest BCUT2D eigenvalue weighted by Crippen LogP contribution is -2.11. The van der Waals surface area contributed by atoms with Crippen LogP contribution in [-0.2, 0) is 6.42 Å². The number of esters is 1. The van der Waals surface area contributed by atoms with E-state index in [2.05, 4.69) is 48.1 Å². The fourth-order valence-corrected chi connectivity index (χ4v) is 3.49. The molecule has 3 aromatic rings. The van der Waals surface area contributed by atoms with E-state index in [1.54, 1.807) is 18.3 Å². The largest absolute Gasteiger partial charge is 0.494 e. The molecular formula is C28H34N2O3. The van der Waals surface area contributed by atoms with E-state index in [4.69, 9.17) is 9.47 Å². The van der Waals surface area contributed by atoms with Crippen molar-refractivity contribution < 1.29 is 14.3 Å². The van der Waals surface area contributed by atoms with E-state index in [1.165, 1.54) is 50.3 Å². The van der Waals surface area contributed by atoms with E-state index in [-0.39, 0.29) is 5.69 Å². The molecule has 0 atom stereocenters. The summed E-state index contributed by atoms with van der Waals surface area (Å²) < 4.78 is 11.1. The Morgan fingerprint density at radius 3 is 2.12 bits per heavy atom. The van der Waals surface area contributed by atoms with Crippen molar-refractivity contribution in [2.24, 2.45) is 0 Å².